The summed E-state index contributed by atoms with van der Waals surface area (Å²) in [6, 6.07) is 6.95. The molecule has 0 heteroatoms. The lowest BCUT2D eigenvalue weighted by Crippen LogP contribution is -2.24. The molecule has 0 aliphatic heterocycles. The van der Waals surface area contributed by atoms with Gasteiger partial charge in [-0.05, 0) is 63.6 Å². The molecule has 0 amide bonds. The third kappa shape index (κ3) is 2.12. The molecule has 3 aliphatic rings. The fourth-order valence-electron chi connectivity index (χ4n) is 4.09. The molecule has 1 aromatic rings. The van der Waals surface area contributed by atoms with Gasteiger partial charge in [0.05, 0.1) is 0 Å². The highest BCUT2D eigenvalue weighted by Crippen LogP contribution is 2.47. The molecule has 0 saturated heterocycles. The molecule has 0 radical (unpaired) electrons. The number of allylic oxidation sites excluding steroid dienone is 8. The van der Waals surface area contributed by atoms with Gasteiger partial charge in [-0.2, -0.15) is 0 Å². The fourth-order valence-corrected chi connectivity index (χ4v) is 4.09. The van der Waals surface area contributed by atoms with Gasteiger partial charge in [0.15, 0.2) is 0 Å². The lowest BCUT2D eigenvalue weighted by molar-refractivity contribution is 0.495. The minimum Gasteiger partial charge on any atom is -0.0801 e. The first-order valence-electron chi connectivity index (χ1n) is 8.81. The number of fused-ring (bicyclic) bond motifs is 2. The van der Waals surface area contributed by atoms with Crippen molar-refractivity contribution in [2.75, 3.05) is 0 Å². The van der Waals surface area contributed by atoms with Crippen LogP contribution in [0, 0.1) is 5.41 Å². The van der Waals surface area contributed by atoms with Gasteiger partial charge in [0.2, 0.25) is 0 Å². The maximum atomic E-state index is 2.43. The molecule has 0 N–H and O–H groups in total. The summed E-state index contributed by atoms with van der Waals surface area (Å²) in [5.74, 6) is 0. The Morgan fingerprint density at radius 1 is 1.13 bits per heavy atom. The van der Waals surface area contributed by atoms with E-state index in [9.17, 15) is 0 Å². The van der Waals surface area contributed by atoms with Gasteiger partial charge in [-0.1, -0.05) is 69.4 Å². The normalized spacial score (nSPS) is 24.7. The van der Waals surface area contributed by atoms with Crippen LogP contribution in [0.3, 0.4) is 0 Å². The van der Waals surface area contributed by atoms with Crippen molar-refractivity contribution in [2.45, 2.75) is 40.0 Å². The molecule has 116 valence electrons. The Morgan fingerprint density at radius 2 is 2.00 bits per heavy atom. The van der Waals surface area contributed by atoms with Crippen LogP contribution in [0.5, 0.6) is 0 Å². The van der Waals surface area contributed by atoms with Crippen LogP contribution in [0.25, 0.3) is 11.6 Å². The third-order valence-corrected chi connectivity index (χ3v) is 5.69. The lowest BCUT2D eigenvalue weighted by atomic mass is 9.69. The summed E-state index contributed by atoms with van der Waals surface area (Å²) in [6.07, 6.45) is 17.3. The van der Waals surface area contributed by atoms with E-state index in [1.807, 2.05) is 0 Å². The van der Waals surface area contributed by atoms with E-state index in [1.54, 1.807) is 0 Å². The average molecular weight is 300 g/mol. The Labute approximate surface area is 138 Å². The zero-order chi connectivity index (χ0) is 16.0. The predicted molar refractivity (Wildman–Crippen MR) is 99.3 cm³/mol. The second kappa shape index (κ2) is 5.23. The van der Waals surface area contributed by atoms with Gasteiger partial charge >= 0.3 is 0 Å². The Kier molecular flexibility index (Phi) is 3.30. The van der Waals surface area contributed by atoms with Crippen LogP contribution in [0.2, 0.25) is 0 Å². The highest BCUT2D eigenvalue weighted by atomic mass is 14.4. The first kappa shape index (κ1) is 14.5. The first-order valence-corrected chi connectivity index (χ1v) is 8.81. The van der Waals surface area contributed by atoms with Crippen molar-refractivity contribution in [3.8, 4) is 0 Å². The minimum atomic E-state index is 0.142. The molecular formula is C23H24. The zero-order valence-electron chi connectivity index (χ0n) is 14.3. The van der Waals surface area contributed by atoms with Crippen LogP contribution < -0.4 is 10.4 Å². The molecule has 0 bridgehead atoms. The summed E-state index contributed by atoms with van der Waals surface area (Å²) >= 11 is 0. The second-order valence-corrected chi connectivity index (χ2v) is 7.05. The van der Waals surface area contributed by atoms with E-state index in [1.165, 1.54) is 38.3 Å². The summed E-state index contributed by atoms with van der Waals surface area (Å²) in [5.41, 5.74) is 7.46. The van der Waals surface area contributed by atoms with Crippen LogP contribution in [0.1, 0.15) is 39.2 Å². The maximum Gasteiger partial charge on any atom is 0.0113 e. The molecule has 0 nitrogen and oxygen atoms in total. The SMILES string of the molecule is CCc1ccc2c(c1)=CC1=C(C3=CC=CC3)C(C)(CC)C=CC=21. The second-order valence-electron chi connectivity index (χ2n) is 7.05. The van der Waals surface area contributed by atoms with Crippen LogP contribution in [-0.2, 0) is 6.42 Å². The number of aryl methyl sites for hydroxylation is 1. The van der Waals surface area contributed by atoms with E-state index < -0.39 is 0 Å². The van der Waals surface area contributed by atoms with Crippen molar-refractivity contribution in [2.24, 2.45) is 5.41 Å². The quantitative estimate of drug-likeness (QED) is 0.778. The molecule has 1 aromatic carbocycles. The largest absolute Gasteiger partial charge is 0.0801 e. The topological polar surface area (TPSA) is 0 Å². The molecule has 0 spiro atoms. The summed E-state index contributed by atoms with van der Waals surface area (Å²) in [5, 5.41) is 2.79. The van der Waals surface area contributed by atoms with Crippen molar-refractivity contribution in [1.29, 1.82) is 0 Å². The van der Waals surface area contributed by atoms with E-state index >= 15 is 0 Å². The van der Waals surface area contributed by atoms with Crippen molar-refractivity contribution in [3.63, 3.8) is 0 Å². The van der Waals surface area contributed by atoms with Gasteiger partial charge in [0.25, 0.3) is 0 Å². The van der Waals surface area contributed by atoms with Crippen molar-refractivity contribution < 1.29 is 0 Å². The minimum absolute atomic E-state index is 0.142. The van der Waals surface area contributed by atoms with E-state index in [2.05, 4.69) is 75.4 Å². The summed E-state index contributed by atoms with van der Waals surface area (Å²) in [6.45, 7) is 6.91. The Bertz CT molecular complexity index is 915. The molecular weight excluding hydrogens is 276 g/mol. The maximum absolute atomic E-state index is 2.43. The summed E-state index contributed by atoms with van der Waals surface area (Å²) in [7, 11) is 0. The number of hydrogen-bond donors (Lipinski definition) is 0. The molecule has 23 heavy (non-hydrogen) atoms. The molecule has 0 saturated carbocycles. The van der Waals surface area contributed by atoms with Gasteiger partial charge < -0.3 is 0 Å². The number of hydrogen-bond acceptors (Lipinski definition) is 0. The number of benzene rings is 1. The van der Waals surface area contributed by atoms with Crippen LogP contribution >= 0.6 is 0 Å². The Balaban J connectivity index is 2.01. The zero-order valence-corrected chi connectivity index (χ0v) is 14.3. The van der Waals surface area contributed by atoms with E-state index in [0.29, 0.717) is 0 Å². The van der Waals surface area contributed by atoms with Crippen molar-refractivity contribution >= 4 is 11.6 Å². The smallest absolute Gasteiger partial charge is 0.0113 e. The van der Waals surface area contributed by atoms with Gasteiger partial charge in [-0.3, -0.25) is 0 Å². The number of rotatable bonds is 3. The standard InChI is InChI=1S/C23H24/c1-4-16-10-11-19-18(14-16)15-21-20(19)12-13-23(3,5-2)22(21)17-8-6-7-9-17/h6-8,10-15H,4-5,9H2,1-3H3. The molecule has 1 unspecified atom stereocenters. The van der Waals surface area contributed by atoms with Gasteiger partial charge in [-0.15, -0.1) is 0 Å². The summed E-state index contributed by atoms with van der Waals surface area (Å²) < 4.78 is 0. The molecule has 4 rings (SSSR count). The van der Waals surface area contributed by atoms with Gasteiger partial charge in [0.1, 0.15) is 0 Å². The summed E-state index contributed by atoms with van der Waals surface area (Å²) in [4.78, 5) is 0. The predicted octanol–water partition coefficient (Wildman–Crippen LogP) is 4.36. The Morgan fingerprint density at radius 3 is 2.70 bits per heavy atom. The van der Waals surface area contributed by atoms with Gasteiger partial charge in [0, 0.05) is 5.41 Å². The highest BCUT2D eigenvalue weighted by Gasteiger charge is 2.33. The van der Waals surface area contributed by atoms with Crippen molar-refractivity contribution in [1.82, 2.24) is 0 Å². The van der Waals surface area contributed by atoms with E-state index in [4.69, 9.17) is 0 Å². The van der Waals surface area contributed by atoms with Crippen molar-refractivity contribution in [3.05, 3.63) is 81.3 Å². The Hall–Kier alpha value is -2.08. The van der Waals surface area contributed by atoms with Crippen LogP contribution in [0.4, 0.5) is 0 Å². The van der Waals surface area contributed by atoms with Crippen LogP contribution in [0.15, 0.2) is 65.3 Å². The molecule has 0 heterocycles. The van der Waals surface area contributed by atoms with E-state index in [0.717, 1.165) is 19.3 Å². The molecule has 3 aliphatic carbocycles. The molecule has 0 fully saturated rings. The third-order valence-electron chi connectivity index (χ3n) is 5.69. The fraction of sp³-hybridized carbons (Fsp3) is 0.304. The average Bonchev–Trinajstić information content (AvgIpc) is 3.21. The monoisotopic (exact) mass is 300 g/mol. The van der Waals surface area contributed by atoms with Crippen LogP contribution in [-0.4, -0.2) is 0 Å². The van der Waals surface area contributed by atoms with Gasteiger partial charge in [-0.25, -0.2) is 0 Å². The highest BCUT2D eigenvalue weighted by molar-refractivity contribution is 5.91. The molecule has 0 aromatic heterocycles. The first-order chi connectivity index (χ1) is 11.2. The van der Waals surface area contributed by atoms with E-state index in [-0.39, 0.29) is 5.41 Å². The molecule has 1 atom stereocenters. The lowest BCUT2D eigenvalue weighted by Gasteiger charge is -2.34.